The number of esters is 1. The molecule has 9 nitrogen and oxygen atoms in total. The summed E-state index contributed by atoms with van der Waals surface area (Å²) in [5, 5.41) is 5.56. The number of fused-ring (bicyclic) bond motifs is 1. The molecule has 0 saturated carbocycles. The molecule has 0 aliphatic carbocycles. The Labute approximate surface area is 187 Å². The number of nitrogens with zero attached hydrogens (tertiary/aromatic N) is 2. The van der Waals surface area contributed by atoms with Gasteiger partial charge in [0.05, 0.1) is 17.6 Å². The normalized spacial score (nSPS) is 11.3. The lowest BCUT2D eigenvalue weighted by atomic mass is 10.1. The van der Waals surface area contributed by atoms with Crippen molar-refractivity contribution >= 4 is 55.0 Å². The maximum absolute atomic E-state index is 12.5. The number of sulfonamides is 1. The number of thiazole rings is 1. The van der Waals surface area contributed by atoms with E-state index < -0.39 is 16.0 Å². The average Bonchev–Trinajstić information content (AvgIpc) is 3.43. The minimum absolute atomic E-state index is 0.0137. The Morgan fingerprint density at radius 1 is 1.12 bits per heavy atom. The molecule has 1 amide bonds. The summed E-state index contributed by atoms with van der Waals surface area (Å²) in [7, 11) is -2.45. The van der Waals surface area contributed by atoms with Crippen LogP contribution in [0.3, 0.4) is 0 Å². The molecular formula is C21H18N4O5S2. The third kappa shape index (κ3) is 4.63. The first-order valence-corrected chi connectivity index (χ1v) is 11.7. The topological polar surface area (TPSA) is 119 Å². The summed E-state index contributed by atoms with van der Waals surface area (Å²) in [6.45, 7) is 0.0137. The van der Waals surface area contributed by atoms with Crippen molar-refractivity contribution in [2.75, 3.05) is 17.1 Å². The van der Waals surface area contributed by atoms with Crippen LogP contribution < -0.4 is 10.0 Å². The maximum atomic E-state index is 12.5. The molecule has 0 radical (unpaired) electrons. The zero-order valence-corrected chi connectivity index (χ0v) is 18.4. The molecule has 0 saturated heterocycles. The van der Waals surface area contributed by atoms with E-state index in [4.69, 9.17) is 4.74 Å². The van der Waals surface area contributed by atoms with Gasteiger partial charge in [0, 0.05) is 29.0 Å². The monoisotopic (exact) mass is 470 g/mol. The fourth-order valence-corrected chi connectivity index (χ4v) is 4.88. The summed E-state index contributed by atoms with van der Waals surface area (Å²) in [6.07, 6.45) is 3.26. The molecule has 4 aromatic rings. The highest BCUT2D eigenvalue weighted by Crippen LogP contribution is 2.21. The van der Waals surface area contributed by atoms with Crippen LogP contribution in [0.15, 0.2) is 71.2 Å². The van der Waals surface area contributed by atoms with Crippen LogP contribution in [0.4, 0.5) is 10.8 Å². The number of ether oxygens (including phenoxy) is 1. The molecule has 0 bridgehead atoms. The van der Waals surface area contributed by atoms with Crippen LogP contribution in [-0.2, 0) is 26.1 Å². The number of aromatic nitrogens is 2. The number of amides is 1. The van der Waals surface area contributed by atoms with Crippen molar-refractivity contribution in [3.8, 4) is 0 Å². The molecule has 0 atom stereocenters. The Hall–Kier alpha value is -3.70. The second kappa shape index (κ2) is 8.81. The van der Waals surface area contributed by atoms with Crippen molar-refractivity contribution in [1.82, 2.24) is 9.55 Å². The highest BCUT2D eigenvalue weighted by molar-refractivity contribution is 7.93. The highest BCUT2D eigenvalue weighted by Gasteiger charge is 2.16. The lowest BCUT2D eigenvalue weighted by Crippen LogP contribution is -2.18. The van der Waals surface area contributed by atoms with E-state index in [9.17, 15) is 18.0 Å². The fourth-order valence-electron chi connectivity index (χ4n) is 3.09. The molecule has 0 aliphatic rings. The van der Waals surface area contributed by atoms with E-state index in [0.717, 1.165) is 10.9 Å². The fraction of sp³-hybridized carbons (Fsp3) is 0.0952. The Bertz CT molecular complexity index is 1380. The maximum Gasteiger partial charge on any atom is 0.337 e. The van der Waals surface area contributed by atoms with Gasteiger partial charge >= 0.3 is 5.97 Å². The van der Waals surface area contributed by atoms with Crippen molar-refractivity contribution in [3.05, 3.63) is 71.9 Å². The smallest absolute Gasteiger partial charge is 0.337 e. The van der Waals surface area contributed by atoms with Gasteiger partial charge in [0.25, 0.3) is 10.0 Å². The minimum atomic E-state index is -3.76. The van der Waals surface area contributed by atoms with Crippen LogP contribution in [0.2, 0.25) is 0 Å². The van der Waals surface area contributed by atoms with E-state index in [1.54, 1.807) is 34.3 Å². The van der Waals surface area contributed by atoms with E-state index in [1.165, 1.54) is 48.9 Å². The van der Waals surface area contributed by atoms with Gasteiger partial charge in [-0.05, 0) is 47.9 Å². The van der Waals surface area contributed by atoms with Gasteiger partial charge in [-0.3, -0.25) is 9.52 Å². The molecule has 4 rings (SSSR count). The number of carbonyl (C=O) groups excluding carboxylic acids is 2. The third-order valence-corrected chi connectivity index (χ3v) is 6.78. The predicted molar refractivity (Wildman–Crippen MR) is 121 cm³/mol. The third-order valence-electron chi connectivity index (χ3n) is 4.61. The lowest BCUT2D eigenvalue weighted by Gasteiger charge is -2.09. The van der Waals surface area contributed by atoms with E-state index in [0.29, 0.717) is 11.3 Å². The van der Waals surface area contributed by atoms with Crippen LogP contribution in [-0.4, -0.2) is 37.0 Å². The largest absolute Gasteiger partial charge is 0.465 e. The van der Waals surface area contributed by atoms with E-state index in [1.807, 2.05) is 6.07 Å². The summed E-state index contributed by atoms with van der Waals surface area (Å²) in [5.74, 6) is -0.758. The zero-order valence-electron chi connectivity index (χ0n) is 16.8. The molecule has 2 N–H and O–H groups in total. The van der Waals surface area contributed by atoms with Gasteiger partial charge in [0.15, 0.2) is 5.13 Å². The van der Waals surface area contributed by atoms with Crippen molar-refractivity contribution in [3.63, 3.8) is 0 Å². The highest BCUT2D eigenvalue weighted by atomic mass is 32.2. The number of hydrogen-bond acceptors (Lipinski definition) is 7. The van der Waals surface area contributed by atoms with Gasteiger partial charge < -0.3 is 14.6 Å². The molecule has 32 heavy (non-hydrogen) atoms. The van der Waals surface area contributed by atoms with Crippen molar-refractivity contribution in [2.24, 2.45) is 0 Å². The quantitative estimate of drug-likeness (QED) is 0.400. The summed E-state index contributed by atoms with van der Waals surface area (Å²) < 4.78 is 33.7. The van der Waals surface area contributed by atoms with Gasteiger partial charge in [-0.2, -0.15) is 0 Å². The summed E-state index contributed by atoms with van der Waals surface area (Å²) in [5.41, 5.74) is 1.57. The van der Waals surface area contributed by atoms with Gasteiger partial charge in [-0.25, -0.2) is 18.2 Å². The van der Waals surface area contributed by atoms with E-state index >= 15 is 0 Å². The second-order valence-corrected chi connectivity index (χ2v) is 9.30. The summed E-state index contributed by atoms with van der Waals surface area (Å²) >= 11 is 1.18. The van der Waals surface area contributed by atoms with Crippen molar-refractivity contribution < 1.29 is 22.7 Å². The molecule has 164 valence electrons. The minimum Gasteiger partial charge on any atom is -0.465 e. The number of rotatable bonds is 7. The first-order chi connectivity index (χ1) is 15.4. The average molecular weight is 471 g/mol. The van der Waals surface area contributed by atoms with Gasteiger partial charge in [-0.15, -0.1) is 11.3 Å². The Balaban J connectivity index is 1.45. The molecule has 2 aromatic carbocycles. The van der Waals surface area contributed by atoms with Gasteiger partial charge in [0.1, 0.15) is 6.54 Å². The van der Waals surface area contributed by atoms with Crippen LogP contribution in [0.25, 0.3) is 10.9 Å². The molecule has 0 aliphatic heterocycles. The first kappa shape index (κ1) is 21.5. The van der Waals surface area contributed by atoms with Gasteiger partial charge in [0.2, 0.25) is 5.91 Å². The molecule has 0 spiro atoms. The Kier molecular flexibility index (Phi) is 5.93. The Morgan fingerprint density at radius 3 is 2.59 bits per heavy atom. The second-order valence-electron chi connectivity index (χ2n) is 6.72. The molecular weight excluding hydrogens is 452 g/mol. The van der Waals surface area contributed by atoms with Crippen molar-refractivity contribution in [2.45, 2.75) is 11.4 Å². The number of benzene rings is 2. The Morgan fingerprint density at radius 2 is 1.91 bits per heavy atom. The molecule has 11 heteroatoms. The number of methoxy groups -OCH3 is 1. The SMILES string of the molecule is COC(=O)c1ccc2ccn(CC(=O)Nc3ccc(S(=O)(=O)Nc4nccs4)cc3)c2c1. The summed E-state index contributed by atoms with van der Waals surface area (Å²) in [4.78, 5) is 28.3. The first-order valence-electron chi connectivity index (χ1n) is 9.35. The van der Waals surface area contributed by atoms with Gasteiger partial charge in [-0.1, -0.05) is 6.07 Å². The van der Waals surface area contributed by atoms with Crippen LogP contribution in [0, 0.1) is 0 Å². The van der Waals surface area contributed by atoms with E-state index in [-0.39, 0.29) is 22.5 Å². The lowest BCUT2D eigenvalue weighted by molar-refractivity contribution is -0.116. The number of carbonyl (C=O) groups is 2. The number of hydrogen-bond donors (Lipinski definition) is 2. The molecule has 0 unspecified atom stereocenters. The molecule has 0 fully saturated rings. The standard InChI is InChI=1S/C21H18N4O5S2/c1-30-20(27)15-3-2-14-8-10-25(18(14)12-15)13-19(26)23-16-4-6-17(7-5-16)32(28,29)24-21-22-9-11-31-21/h2-12H,13H2,1H3,(H,22,24)(H,23,26). The predicted octanol–water partition coefficient (Wildman–Crippen LogP) is 3.32. The summed E-state index contributed by atoms with van der Waals surface area (Å²) in [6, 6.07) is 12.8. The zero-order chi connectivity index (χ0) is 22.7. The van der Waals surface area contributed by atoms with Crippen LogP contribution >= 0.6 is 11.3 Å². The molecule has 2 heterocycles. The van der Waals surface area contributed by atoms with Crippen LogP contribution in [0.5, 0.6) is 0 Å². The molecule has 2 aromatic heterocycles. The van der Waals surface area contributed by atoms with Crippen molar-refractivity contribution in [1.29, 1.82) is 0 Å². The number of anilines is 2. The van der Waals surface area contributed by atoms with Crippen LogP contribution in [0.1, 0.15) is 10.4 Å². The van der Waals surface area contributed by atoms with E-state index in [2.05, 4.69) is 15.0 Å². The number of nitrogens with one attached hydrogen (secondary N) is 2.